The maximum Gasteiger partial charge on any atom is 0.251 e. The fourth-order valence-corrected chi connectivity index (χ4v) is 2.93. The minimum absolute atomic E-state index is 0.107. The zero-order chi connectivity index (χ0) is 21.0. The normalized spacial score (nSPS) is 13.5. The number of carbonyl (C=O) groups excluding carboxylic acids is 3. The zero-order valence-electron chi connectivity index (χ0n) is 15.3. The molecule has 0 saturated carbocycles. The summed E-state index contributed by atoms with van der Waals surface area (Å²) < 4.78 is 39.6. The van der Waals surface area contributed by atoms with E-state index >= 15 is 0 Å². The molecule has 29 heavy (non-hydrogen) atoms. The van der Waals surface area contributed by atoms with Crippen molar-refractivity contribution in [3.8, 4) is 0 Å². The van der Waals surface area contributed by atoms with Crippen molar-refractivity contribution in [3.63, 3.8) is 0 Å². The topological polar surface area (TPSA) is 78.5 Å². The van der Waals surface area contributed by atoms with Gasteiger partial charge in [0, 0.05) is 25.1 Å². The number of amides is 3. The van der Waals surface area contributed by atoms with Gasteiger partial charge < -0.3 is 15.5 Å². The maximum atomic E-state index is 13.6. The second-order valence-corrected chi connectivity index (χ2v) is 6.57. The molecule has 0 atom stereocenters. The Kier molecular flexibility index (Phi) is 6.16. The van der Waals surface area contributed by atoms with Gasteiger partial charge in [-0.2, -0.15) is 0 Å². The Morgan fingerprint density at radius 3 is 2.38 bits per heavy atom. The number of anilines is 1. The van der Waals surface area contributed by atoms with Gasteiger partial charge in [-0.15, -0.1) is 0 Å². The Hall–Kier alpha value is -3.36. The molecule has 0 spiro atoms. The first kappa shape index (κ1) is 20.4. The van der Waals surface area contributed by atoms with Crippen molar-refractivity contribution in [2.75, 3.05) is 18.4 Å². The average molecular weight is 405 g/mol. The Labute approximate surface area is 164 Å². The predicted octanol–water partition coefficient (Wildman–Crippen LogP) is 2.59. The molecule has 0 aromatic heterocycles. The van der Waals surface area contributed by atoms with Gasteiger partial charge in [-0.3, -0.25) is 14.4 Å². The minimum atomic E-state index is -1.69. The Morgan fingerprint density at radius 1 is 1.00 bits per heavy atom. The molecule has 0 radical (unpaired) electrons. The van der Waals surface area contributed by atoms with E-state index in [0.717, 1.165) is 18.1 Å². The first-order valence-corrected chi connectivity index (χ1v) is 8.93. The number of hydrogen-bond donors (Lipinski definition) is 2. The molecule has 2 aromatic rings. The lowest BCUT2D eigenvalue weighted by Gasteiger charge is -2.15. The smallest absolute Gasteiger partial charge is 0.251 e. The fraction of sp³-hybridized carbons (Fsp3) is 0.250. The van der Waals surface area contributed by atoms with E-state index in [-0.39, 0.29) is 5.91 Å². The summed E-state index contributed by atoms with van der Waals surface area (Å²) in [6.45, 7) is 0.707. The molecule has 0 bridgehead atoms. The largest absolute Gasteiger partial charge is 0.343 e. The molecule has 1 aliphatic rings. The third-order valence-corrected chi connectivity index (χ3v) is 4.48. The second kappa shape index (κ2) is 8.76. The van der Waals surface area contributed by atoms with Crippen LogP contribution in [0, 0.1) is 17.5 Å². The van der Waals surface area contributed by atoms with Crippen molar-refractivity contribution in [2.24, 2.45) is 0 Å². The second-order valence-electron chi connectivity index (χ2n) is 6.57. The third-order valence-electron chi connectivity index (χ3n) is 4.48. The lowest BCUT2D eigenvalue weighted by atomic mass is 10.1. The minimum Gasteiger partial charge on any atom is -0.343 e. The van der Waals surface area contributed by atoms with Crippen LogP contribution in [-0.2, 0) is 16.1 Å². The van der Waals surface area contributed by atoms with Crippen LogP contribution in [0.4, 0.5) is 18.9 Å². The highest BCUT2D eigenvalue weighted by Crippen LogP contribution is 2.19. The van der Waals surface area contributed by atoms with Crippen molar-refractivity contribution < 1.29 is 27.6 Å². The Balaban J connectivity index is 1.52. The number of likely N-dealkylation sites (tertiary alicyclic amines) is 1. The first-order valence-electron chi connectivity index (χ1n) is 8.93. The monoisotopic (exact) mass is 405 g/mol. The highest BCUT2D eigenvalue weighted by atomic mass is 19.2. The summed E-state index contributed by atoms with van der Waals surface area (Å²) in [7, 11) is 0. The van der Waals surface area contributed by atoms with E-state index in [4.69, 9.17) is 0 Å². The number of nitrogens with zero attached hydrogens (tertiary/aromatic N) is 1. The van der Waals surface area contributed by atoms with E-state index in [1.165, 1.54) is 0 Å². The molecule has 152 valence electrons. The van der Waals surface area contributed by atoms with Crippen LogP contribution in [0.5, 0.6) is 0 Å². The summed E-state index contributed by atoms with van der Waals surface area (Å²) in [5.74, 6) is -5.80. The molecule has 9 heteroatoms. The van der Waals surface area contributed by atoms with E-state index in [0.29, 0.717) is 31.1 Å². The van der Waals surface area contributed by atoms with Crippen LogP contribution in [0.1, 0.15) is 28.8 Å². The van der Waals surface area contributed by atoms with Gasteiger partial charge in [-0.05, 0) is 36.2 Å². The molecule has 1 saturated heterocycles. The molecule has 0 unspecified atom stereocenters. The van der Waals surface area contributed by atoms with Crippen LogP contribution in [0.3, 0.4) is 0 Å². The molecular formula is C20H18F3N3O3. The quantitative estimate of drug-likeness (QED) is 0.726. The van der Waals surface area contributed by atoms with E-state index in [1.807, 2.05) is 0 Å². The highest BCUT2D eigenvalue weighted by molar-refractivity contribution is 5.99. The van der Waals surface area contributed by atoms with E-state index in [2.05, 4.69) is 10.6 Å². The number of nitrogens with one attached hydrogen (secondary N) is 2. The van der Waals surface area contributed by atoms with Gasteiger partial charge in [-0.1, -0.05) is 12.1 Å². The molecule has 3 amide bonds. The summed E-state index contributed by atoms with van der Waals surface area (Å²) in [6.07, 6.45) is 1.40. The van der Waals surface area contributed by atoms with Crippen LogP contribution < -0.4 is 10.6 Å². The maximum absolute atomic E-state index is 13.6. The number of halogens is 3. The van der Waals surface area contributed by atoms with Crippen LogP contribution in [0.2, 0.25) is 0 Å². The molecular weight excluding hydrogens is 387 g/mol. The molecule has 6 nitrogen and oxygen atoms in total. The molecule has 1 aliphatic heterocycles. The van der Waals surface area contributed by atoms with Crippen LogP contribution in [0.25, 0.3) is 0 Å². The molecule has 1 fully saturated rings. The highest BCUT2D eigenvalue weighted by Gasteiger charge is 2.20. The molecule has 2 N–H and O–H groups in total. The van der Waals surface area contributed by atoms with Crippen LogP contribution in [0.15, 0.2) is 36.4 Å². The number of hydrogen-bond acceptors (Lipinski definition) is 3. The summed E-state index contributed by atoms with van der Waals surface area (Å²) in [6, 6.07) is 8.14. The van der Waals surface area contributed by atoms with Crippen LogP contribution in [-0.4, -0.2) is 35.7 Å². The van der Waals surface area contributed by atoms with Crippen molar-refractivity contribution >= 4 is 23.4 Å². The van der Waals surface area contributed by atoms with Gasteiger partial charge in [0.05, 0.1) is 12.2 Å². The zero-order valence-corrected chi connectivity index (χ0v) is 15.3. The summed E-state index contributed by atoms with van der Waals surface area (Å²) in [4.78, 5) is 37.4. The Bertz CT molecular complexity index is 948. The predicted molar refractivity (Wildman–Crippen MR) is 98.4 cm³/mol. The first-order chi connectivity index (χ1) is 13.8. The van der Waals surface area contributed by atoms with Crippen molar-refractivity contribution in [3.05, 3.63) is 65.0 Å². The van der Waals surface area contributed by atoms with Gasteiger partial charge in [0.15, 0.2) is 17.5 Å². The lowest BCUT2D eigenvalue weighted by Crippen LogP contribution is -2.33. The number of carbonyl (C=O) groups is 3. The van der Waals surface area contributed by atoms with Crippen molar-refractivity contribution in [1.82, 2.24) is 10.2 Å². The molecule has 0 aliphatic carbocycles. The Morgan fingerprint density at radius 2 is 1.72 bits per heavy atom. The standard InChI is InChI=1S/C20H18F3N3O3/c21-14-7-8-15(19(23)18(14)22)25-16(27)10-24-20(29)13-5-3-12(4-6-13)11-26-9-1-2-17(26)28/h3-8H,1-2,9-11H2,(H,24,29)(H,25,27). The third kappa shape index (κ3) is 4.92. The summed E-state index contributed by atoms with van der Waals surface area (Å²) in [5.41, 5.74) is 0.653. The van der Waals surface area contributed by atoms with Gasteiger partial charge >= 0.3 is 0 Å². The fourth-order valence-electron chi connectivity index (χ4n) is 2.93. The van der Waals surface area contributed by atoms with Crippen LogP contribution >= 0.6 is 0 Å². The van der Waals surface area contributed by atoms with Crippen molar-refractivity contribution in [1.29, 1.82) is 0 Å². The van der Waals surface area contributed by atoms with E-state index in [9.17, 15) is 27.6 Å². The van der Waals surface area contributed by atoms with Gasteiger partial charge in [0.1, 0.15) is 0 Å². The summed E-state index contributed by atoms with van der Waals surface area (Å²) >= 11 is 0. The lowest BCUT2D eigenvalue weighted by molar-refractivity contribution is -0.128. The average Bonchev–Trinajstić information content (AvgIpc) is 3.11. The van der Waals surface area contributed by atoms with Crippen molar-refractivity contribution in [2.45, 2.75) is 19.4 Å². The summed E-state index contributed by atoms with van der Waals surface area (Å²) in [5, 5.41) is 4.42. The molecule has 3 rings (SSSR count). The van der Waals surface area contributed by atoms with Gasteiger partial charge in [0.25, 0.3) is 5.91 Å². The number of rotatable bonds is 6. The SMILES string of the molecule is O=C(CNC(=O)c1ccc(CN2CCCC2=O)cc1)Nc1ccc(F)c(F)c1F. The van der Waals surface area contributed by atoms with E-state index < -0.39 is 41.5 Å². The van der Waals surface area contributed by atoms with Gasteiger partial charge in [-0.25, -0.2) is 13.2 Å². The number of benzene rings is 2. The van der Waals surface area contributed by atoms with Gasteiger partial charge in [0.2, 0.25) is 11.8 Å². The molecule has 1 heterocycles. The molecule has 2 aromatic carbocycles. The van der Waals surface area contributed by atoms with E-state index in [1.54, 1.807) is 29.2 Å².